The van der Waals surface area contributed by atoms with Crippen molar-refractivity contribution >= 4 is 0 Å². The number of β-amino-alcohol motifs (C(OH)–C–C–N with tert-alkyl or cyclic N) is 1. The summed E-state index contributed by atoms with van der Waals surface area (Å²) in [5, 5.41) is 22.5. The number of aromatic nitrogens is 4. The standard InChI is InChI=1S/C17H19N5O3/c1-21-8-13(7-18-21)24-15-10-22(9-14(15)23)11-16-19-20-17(25-16)12-5-3-2-4-6-12/h2-8,14-15,23H,9-11H2,1H3/t14-,15-/m1/s1. The van der Waals surface area contributed by atoms with Gasteiger partial charge in [0.1, 0.15) is 12.2 Å². The molecule has 0 aliphatic carbocycles. The van der Waals surface area contributed by atoms with Crippen LogP contribution in [0.1, 0.15) is 5.89 Å². The first-order chi connectivity index (χ1) is 12.2. The van der Waals surface area contributed by atoms with E-state index in [2.05, 4.69) is 15.3 Å². The molecule has 3 aromatic rings. The van der Waals surface area contributed by atoms with Crippen LogP contribution in [-0.2, 0) is 13.6 Å². The van der Waals surface area contributed by atoms with Gasteiger partial charge in [-0.05, 0) is 12.1 Å². The van der Waals surface area contributed by atoms with E-state index in [0.717, 1.165) is 5.56 Å². The lowest BCUT2D eigenvalue weighted by Gasteiger charge is -2.14. The maximum absolute atomic E-state index is 10.2. The fourth-order valence-corrected chi connectivity index (χ4v) is 2.92. The lowest BCUT2D eigenvalue weighted by molar-refractivity contribution is 0.0736. The predicted octanol–water partition coefficient (Wildman–Crippen LogP) is 1.09. The summed E-state index contributed by atoms with van der Waals surface area (Å²) in [5.41, 5.74) is 0.889. The molecule has 1 aromatic carbocycles. The molecular weight excluding hydrogens is 322 g/mol. The van der Waals surface area contributed by atoms with E-state index in [0.29, 0.717) is 37.2 Å². The van der Waals surface area contributed by atoms with E-state index in [9.17, 15) is 5.11 Å². The first-order valence-corrected chi connectivity index (χ1v) is 8.11. The molecule has 1 aliphatic rings. The molecule has 0 spiro atoms. The highest BCUT2D eigenvalue weighted by Gasteiger charge is 2.34. The van der Waals surface area contributed by atoms with E-state index < -0.39 is 6.10 Å². The second-order valence-electron chi connectivity index (χ2n) is 6.13. The molecule has 2 aromatic heterocycles. The molecule has 0 radical (unpaired) electrons. The molecule has 0 unspecified atom stereocenters. The number of hydrogen-bond acceptors (Lipinski definition) is 7. The predicted molar refractivity (Wildman–Crippen MR) is 88.6 cm³/mol. The van der Waals surface area contributed by atoms with E-state index >= 15 is 0 Å². The first kappa shape index (κ1) is 15.8. The highest BCUT2D eigenvalue weighted by atomic mass is 16.5. The normalized spacial score (nSPS) is 20.9. The first-order valence-electron chi connectivity index (χ1n) is 8.11. The summed E-state index contributed by atoms with van der Waals surface area (Å²) in [6.45, 7) is 1.55. The Hall–Kier alpha value is -2.71. The minimum atomic E-state index is -0.572. The van der Waals surface area contributed by atoms with Crippen molar-refractivity contribution in [2.45, 2.75) is 18.8 Å². The minimum absolute atomic E-state index is 0.305. The van der Waals surface area contributed by atoms with Gasteiger partial charge in [-0.2, -0.15) is 5.10 Å². The molecule has 1 fully saturated rings. The third-order valence-electron chi connectivity index (χ3n) is 4.13. The fraction of sp³-hybridized carbons (Fsp3) is 0.353. The van der Waals surface area contributed by atoms with Gasteiger partial charge in [-0.3, -0.25) is 9.58 Å². The third kappa shape index (κ3) is 3.54. The monoisotopic (exact) mass is 341 g/mol. The van der Waals surface area contributed by atoms with Crippen LogP contribution in [0.3, 0.4) is 0 Å². The van der Waals surface area contributed by atoms with Gasteiger partial charge in [0, 0.05) is 25.7 Å². The van der Waals surface area contributed by atoms with Gasteiger partial charge in [0.2, 0.25) is 11.8 Å². The zero-order chi connectivity index (χ0) is 17.2. The topological polar surface area (TPSA) is 89.4 Å². The Balaban J connectivity index is 1.38. The summed E-state index contributed by atoms with van der Waals surface area (Å²) in [7, 11) is 1.82. The molecule has 4 rings (SSSR count). The van der Waals surface area contributed by atoms with Gasteiger partial charge in [0.05, 0.1) is 18.9 Å². The number of rotatable bonds is 5. The molecule has 130 valence electrons. The van der Waals surface area contributed by atoms with Crippen molar-refractivity contribution in [2.24, 2.45) is 7.05 Å². The quantitative estimate of drug-likeness (QED) is 0.743. The van der Waals surface area contributed by atoms with Gasteiger partial charge in [-0.1, -0.05) is 18.2 Å². The molecule has 0 amide bonds. The fourth-order valence-electron chi connectivity index (χ4n) is 2.92. The number of benzene rings is 1. The number of aliphatic hydroxyl groups excluding tert-OH is 1. The SMILES string of the molecule is Cn1cc(O[C@@H]2CN(Cc3nnc(-c4ccccc4)o3)C[C@H]2O)cn1. The second kappa shape index (κ2) is 6.66. The summed E-state index contributed by atoms with van der Waals surface area (Å²) in [5.74, 6) is 1.67. The van der Waals surface area contributed by atoms with Crippen LogP contribution in [0, 0.1) is 0 Å². The minimum Gasteiger partial charge on any atom is -0.483 e. The van der Waals surface area contributed by atoms with E-state index in [4.69, 9.17) is 9.15 Å². The molecule has 8 nitrogen and oxygen atoms in total. The Morgan fingerprint density at radius 2 is 2.08 bits per heavy atom. The van der Waals surface area contributed by atoms with Gasteiger partial charge in [0.25, 0.3) is 0 Å². The Morgan fingerprint density at radius 1 is 1.24 bits per heavy atom. The second-order valence-corrected chi connectivity index (χ2v) is 6.13. The molecule has 3 heterocycles. The van der Waals surface area contributed by atoms with Crippen LogP contribution in [0.5, 0.6) is 5.75 Å². The largest absolute Gasteiger partial charge is 0.483 e. The molecule has 1 saturated heterocycles. The zero-order valence-electron chi connectivity index (χ0n) is 13.8. The van der Waals surface area contributed by atoms with Crippen molar-refractivity contribution in [1.29, 1.82) is 0 Å². The Bertz CT molecular complexity index is 832. The van der Waals surface area contributed by atoms with Crippen molar-refractivity contribution in [3.63, 3.8) is 0 Å². The number of aryl methyl sites for hydroxylation is 1. The number of ether oxygens (including phenoxy) is 1. The average molecular weight is 341 g/mol. The summed E-state index contributed by atoms with van der Waals surface area (Å²) < 4.78 is 13.2. The number of aliphatic hydroxyl groups is 1. The maximum atomic E-state index is 10.2. The summed E-state index contributed by atoms with van der Waals surface area (Å²) >= 11 is 0. The van der Waals surface area contributed by atoms with Gasteiger partial charge in [0.15, 0.2) is 5.75 Å². The molecule has 8 heteroatoms. The molecule has 0 saturated carbocycles. The van der Waals surface area contributed by atoms with Crippen LogP contribution < -0.4 is 4.74 Å². The number of likely N-dealkylation sites (tertiary alicyclic amines) is 1. The summed E-state index contributed by atoms with van der Waals surface area (Å²) in [6.07, 6.45) is 2.54. The molecule has 0 bridgehead atoms. The summed E-state index contributed by atoms with van der Waals surface area (Å²) in [4.78, 5) is 2.04. The molecule has 2 atom stereocenters. The van der Waals surface area contributed by atoms with Crippen LogP contribution in [0.4, 0.5) is 0 Å². The van der Waals surface area contributed by atoms with Crippen molar-refractivity contribution in [3.05, 3.63) is 48.6 Å². The van der Waals surface area contributed by atoms with E-state index in [1.807, 2.05) is 42.3 Å². The van der Waals surface area contributed by atoms with Gasteiger partial charge in [-0.25, -0.2) is 0 Å². The van der Waals surface area contributed by atoms with Crippen molar-refractivity contribution in [1.82, 2.24) is 24.9 Å². The van der Waals surface area contributed by atoms with Crippen molar-refractivity contribution in [3.8, 4) is 17.2 Å². The van der Waals surface area contributed by atoms with E-state index in [-0.39, 0.29) is 6.10 Å². The zero-order valence-corrected chi connectivity index (χ0v) is 13.8. The third-order valence-corrected chi connectivity index (χ3v) is 4.13. The molecular formula is C17H19N5O3. The maximum Gasteiger partial charge on any atom is 0.247 e. The van der Waals surface area contributed by atoms with Crippen LogP contribution in [0.25, 0.3) is 11.5 Å². The highest BCUT2D eigenvalue weighted by molar-refractivity contribution is 5.51. The van der Waals surface area contributed by atoms with Crippen molar-refractivity contribution < 1.29 is 14.3 Å². The van der Waals surface area contributed by atoms with Crippen molar-refractivity contribution in [2.75, 3.05) is 13.1 Å². The van der Waals surface area contributed by atoms with Crippen LogP contribution >= 0.6 is 0 Å². The Kier molecular flexibility index (Phi) is 4.21. The van der Waals surface area contributed by atoms with Crippen LogP contribution in [-0.4, -0.2) is 55.3 Å². The lowest BCUT2D eigenvalue weighted by atomic mass is 10.2. The van der Waals surface area contributed by atoms with Gasteiger partial charge in [-0.15, -0.1) is 10.2 Å². The Labute approximate surface area is 144 Å². The Morgan fingerprint density at radius 3 is 2.84 bits per heavy atom. The lowest BCUT2D eigenvalue weighted by Crippen LogP contribution is -2.29. The smallest absolute Gasteiger partial charge is 0.247 e. The number of nitrogens with zero attached hydrogens (tertiary/aromatic N) is 5. The van der Waals surface area contributed by atoms with Gasteiger partial charge < -0.3 is 14.3 Å². The van der Waals surface area contributed by atoms with Gasteiger partial charge >= 0.3 is 0 Å². The van der Waals surface area contributed by atoms with Crippen LogP contribution in [0.2, 0.25) is 0 Å². The highest BCUT2D eigenvalue weighted by Crippen LogP contribution is 2.21. The number of hydrogen-bond donors (Lipinski definition) is 1. The van der Waals surface area contributed by atoms with E-state index in [1.165, 1.54) is 0 Å². The molecule has 1 N–H and O–H groups in total. The molecule has 1 aliphatic heterocycles. The summed E-state index contributed by atoms with van der Waals surface area (Å²) in [6, 6.07) is 9.64. The molecule has 25 heavy (non-hydrogen) atoms. The van der Waals surface area contributed by atoms with E-state index in [1.54, 1.807) is 17.1 Å². The van der Waals surface area contributed by atoms with Crippen LogP contribution in [0.15, 0.2) is 47.1 Å². The average Bonchev–Trinajstić information content (AvgIpc) is 3.31.